The number of hydrogen-bond donors (Lipinski definition) is 1. The lowest BCUT2D eigenvalue weighted by molar-refractivity contribution is 0.577. The van der Waals surface area contributed by atoms with E-state index < -0.39 is 0 Å². The van der Waals surface area contributed by atoms with Crippen LogP contribution in [0.15, 0.2) is 22.9 Å². The molecule has 1 unspecified atom stereocenters. The third-order valence-corrected chi connectivity index (χ3v) is 3.22. The fourth-order valence-corrected chi connectivity index (χ4v) is 2.31. The highest BCUT2D eigenvalue weighted by molar-refractivity contribution is 9.10. The van der Waals surface area contributed by atoms with Gasteiger partial charge in [0.1, 0.15) is 0 Å². The van der Waals surface area contributed by atoms with Crippen molar-refractivity contribution in [2.45, 2.75) is 19.5 Å². The summed E-state index contributed by atoms with van der Waals surface area (Å²) < 4.78 is 4.61. The van der Waals surface area contributed by atoms with Crippen molar-refractivity contribution in [3.05, 3.63) is 34.3 Å². The molecule has 5 nitrogen and oxygen atoms in total. The van der Waals surface area contributed by atoms with Crippen molar-refractivity contribution in [1.82, 2.24) is 19.6 Å². The average Bonchev–Trinajstić information content (AvgIpc) is 2.83. The van der Waals surface area contributed by atoms with Gasteiger partial charge in [-0.1, -0.05) is 0 Å². The molecule has 2 aromatic heterocycles. The lowest BCUT2D eigenvalue weighted by atomic mass is 10.1. The Labute approximate surface area is 102 Å². The van der Waals surface area contributed by atoms with Crippen LogP contribution in [0.5, 0.6) is 0 Å². The van der Waals surface area contributed by atoms with E-state index in [0.29, 0.717) is 0 Å². The maximum atomic E-state index is 6.23. The van der Waals surface area contributed by atoms with Gasteiger partial charge in [-0.15, -0.1) is 0 Å². The van der Waals surface area contributed by atoms with Crippen LogP contribution in [0.2, 0.25) is 0 Å². The topological polar surface area (TPSA) is 61.7 Å². The summed E-state index contributed by atoms with van der Waals surface area (Å²) in [6, 6.07) is 1.70. The SMILES string of the molecule is CCn1ncc(Br)c1C(N)c1ccnn1C. The molecule has 0 spiro atoms. The molecule has 0 saturated heterocycles. The van der Waals surface area contributed by atoms with Crippen LogP contribution in [0.4, 0.5) is 0 Å². The highest BCUT2D eigenvalue weighted by atomic mass is 79.9. The van der Waals surface area contributed by atoms with Crippen molar-refractivity contribution >= 4 is 15.9 Å². The molecular weight excluding hydrogens is 270 g/mol. The summed E-state index contributed by atoms with van der Waals surface area (Å²) in [7, 11) is 1.88. The minimum absolute atomic E-state index is 0.218. The van der Waals surface area contributed by atoms with Gasteiger partial charge < -0.3 is 5.73 Å². The molecule has 0 aromatic carbocycles. The van der Waals surface area contributed by atoms with Gasteiger partial charge in [0.05, 0.1) is 28.1 Å². The second-order valence-electron chi connectivity index (χ2n) is 3.55. The summed E-state index contributed by atoms with van der Waals surface area (Å²) in [4.78, 5) is 0. The van der Waals surface area contributed by atoms with Gasteiger partial charge in [-0.3, -0.25) is 9.36 Å². The fourth-order valence-electron chi connectivity index (χ4n) is 1.76. The Hall–Kier alpha value is -1.14. The van der Waals surface area contributed by atoms with Crippen molar-refractivity contribution in [3.8, 4) is 0 Å². The minimum Gasteiger partial charge on any atom is -0.318 e. The molecule has 6 heteroatoms. The van der Waals surface area contributed by atoms with E-state index in [0.717, 1.165) is 22.4 Å². The van der Waals surface area contributed by atoms with Crippen LogP contribution in [0.1, 0.15) is 24.4 Å². The quantitative estimate of drug-likeness (QED) is 0.928. The van der Waals surface area contributed by atoms with E-state index in [2.05, 4.69) is 26.1 Å². The average molecular weight is 284 g/mol. The molecule has 2 N–H and O–H groups in total. The van der Waals surface area contributed by atoms with Crippen LogP contribution >= 0.6 is 15.9 Å². The number of rotatable bonds is 3. The second kappa shape index (κ2) is 4.39. The van der Waals surface area contributed by atoms with Crippen LogP contribution in [0, 0.1) is 0 Å². The van der Waals surface area contributed by atoms with Gasteiger partial charge in [0, 0.05) is 19.8 Å². The van der Waals surface area contributed by atoms with Crippen LogP contribution in [0.3, 0.4) is 0 Å². The molecule has 86 valence electrons. The van der Waals surface area contributed by atoms with Gasteiger partial charge in [0.2, 0.25) is 0 Å². The van der Waals surface area contributed by atoms with Gasteiger partial charge in [0.25, 0.3) is 0 Å². The first-order valence-electron chi connectivity index (χ1n) is 5.09. The number of aryl methyl sites for hydroxylation is 2. The molecule has 0 fully saturated rings. The lowest BCUT2D eigenvalue weighted by Gasteiger charge is -2.14. The molecule has 0 saturated carbocycles. The minimum atomic E-state index is -0.218. The largest absolute Gasteiger partial charge is 0.318 e. The van der Waals surface area contributed by atoms with Gasteiger partial charge in [-0.25, -0.2) is 0 Å². The zero-order valence-electron chi connectivity index (χ0n) is 9.26. The first kappa shape index (κ1) is 11.3. The second-order valence-corrected chi connectivity index (χ2v) is 4.41. The summed E-state index contributed by atoms with van der Waals surface area (Å²) in [5, 5.41) is 8.38. The smallest absolute Gasteiger partial charge is 0.0905 e. The predicted molar refractivity (Wildman–Crippen MR) is 64.8 cm³/mol. The molecule has 2 aromatic rings. The summed E-state index contributed by atoms with van der Waals surface area (Å²) in [5.74, 6) is 0. The van der Waals surface area contributed by atoms with Crippen LogP contribution in [0.25, 0.3) is 0 Å². The Morgan fingerprint density at radius 3 is 2.81 bits per heavy atom. The van der Waals surface area contributed by atoms with Crippen LogP contribution in [-0.4, -0.2) is 19.6 Å². The number of halogens is 1. The van der Waals surface area contributed by atoms with Gasteiger partial charge in [-0.05, 0) is 28.9 Å². The summed E-state index contributed by atoms with van der Waals surface area (Å²) in [5.41, 5.74) is 8.18. The van der Waals surface area contributed by atoms with Crippen molar-refractivity contribution in [2.24, 2.45) is 12.8 Å². The molecule has 0 aliphatic carbocycles. The molecule has 0 aliphatic heterocycles. The predicted octanol–water partition coefficient (Wildman–Crippen LogP) is 1.45. The third-order valence-electron chi connectivity index (χ3n) is 2.60. The monoisotopic (exact) mass is 283 g/mol. The zero-order chi connectivity index (χ0) is 11.7. The summed E-state index contributed by atoms with van der Waals surface area (Å²) in [6.07, 6.45) is 3.52. The van der Waals surface area contributed by atoms with Crippen molar-refractivity contribution in [1.29, 1.82) is 0 Å². The van der Waals surface area contributed by atoms with E-state index in [1.807, 2.05) is 24.7 Å². The van der Waals surface area contributed by atoms with Gasteiger partial charge >= 0.3 is 0 Å². The number of nitrogens with two attached hydrogens (primary N) is 1. The highest BCUT2D eigenvalue weighted by Crippen LogP contribution is 2.26. The molecule has 0 radical (unpaired) electrons. The van der Waals surface area contributed by atoms with Crippen LogP contribution in [-0.2, 0) is 13.6 Å². The Morgan fingerprint density at radius 2 is 2.25 bits per heavy atom. The van der Waals surface area contributed by atoms with E-state index in [4.69, 9.17) is 5.73 Å². The third kappa shape index (κ3) is 1.78. The molecule has 16 heavy (non-hydrogen) atoms. The Morgan fingerprint density at radius 1 is 1.50 bits per heavy atom. The Bertz CT molecular complexity index is 487. The first-order valence-corrected chi connectivity index (χ1v) is 5.89. The standard InChI is InChI=1S/C10H14BrN5/c1-3-16-10(7(11)6-14-16)9(12)8-4-5-13-15(8)2/h4-6,9H,3,12H2,1-2H3. The Kier molecular flexibility index (Phi) is 3.11. The molecule has 0 aliphatic rings. The fraction of sp³-hybridized carbons (Fsp3) is 0.400. The first-order chi connectivity index (χ1) is 7.65. The molecule has 2 heterocycles. The molecular formula is C10H14BrN5. The van der Waals surface area contributed by atoms with Crippen molar-refractivity contribution in [3.63, 3.8) is 0 Å². The van der Waals surface area contributed by atoms with E-state index in [1.54, 1.807) is 17.1 Å². The van der Waals surface area contributed by atoms with Gasteiger partial charge in [0.15, 0.2) is 0 Å². The number of aromatic nitrogens is 4. The molecule has 0 bridgehead atoms. The lowest BCUT2D eigenvalue weighted by Crippen LogP contribution is -2.20. The number of nitrogens with zero attached hydrogens (tertiary/aromatic N) is 4. The highest BCUT2D eigenvalue weighted by Gasteiger charge is 2.19. The summed E-state index contributed by atoms with van der Waals surface area (Å²) >= 11 is 3.48. The van der Waals surface area contributed by atoms with E-state index in [9.17, 15) is 0 Å². The van der Waals surface area contributed by atoms with E-state index >= 15 is 0 Å². The normalized spacial score (nSPS) is 13.0. The zero-order valence-corrected chi connectivity index (χ0v) is 10.8. The number of hydrogen-bond acceptors (Lipinski definition) is 3. The Balaban J connectivity index is 2.44. The summed E-state index contributed by atoms with van der Waals surface area (Å²) in [6.45, 7) is 2.84. The molecule has 1 atom stereocenters. The van der Waals surface area contributed by atoms with E-state index in [1.165, 1.54) is 0 Å². The van der Waals surface area contributed by atoms with Crippen LogP contribution < -0.4 is 5.73 Å². The van der Waals surface area contributed by atoms with Crippen molar-refractivity contribution < 1.29 is 0 Å². The van der Waals surface area contributed by atoms with E-state index in [-0.39, 0.29) is 6.04 Å². The van der Waals surface area contributed by atoms with Gasteiger partial charge in [-0.2, -0.15) is 10.2 Å². The molecule has 2 rings (SSSR count). The maximum absolute atomic E-state index is 6.23. The maximum Gasteiger partial charge on any atom is 0.0905 e. The van der Waals surface area contributed by atoms with Crippen molar-refractivity contribution in [2.75, 3.05) is 0 Å². The molecule has 0 amide bonds.